The fourth-order valence-electron chi connectivity index (χ4n) is 4.22. The highest BCUT2D eigenvalue weighted by molar-refractivity contribution is 8.00. The zero-order valence-corrected chi connectivity index (χ0v) is 23.1. The largest absolute Gasteiger partial charge is 0.508 e. The van der Waals surface area contributed by atoms with Crippen molar-refractivity contribution in [3.8, 4) is 0 Å². The highest BCUT2D eigenvalue weighted by Gasteiger charge is 2.56. The lowest BCUT2D eigenvalue weighted by molar-refractivity contribution is -0.385. The Morgan fingerprint density at radius 1 is 1.02 bits per heavy atom. The van der Waals surface area contributed by atoms with Gasteiger partial charge in [-0.2, -0.15) is 0 Å². The summed E-state index contributed by atoms with van der Waals surface area (Å²) >= 11 is 1.33. The predicted octanol–water partition coefficient (Wildman–Crippen LogP) is 3.71. The van der Waals surface area contributed by atoms with E-state index in [1.165, 1.54) is 85.4 Å². The average Bonchev–Trinajstić information content (AvgIpc) is 2.97. The van der Waals surface area contributed by atoms with Crippen LogP contribution in [0.25, 0.3) is 0 Å². The molecule has 0 aliphatic carbocycles. The summed E-state index contributed by atoms with van der Waals surface area (Å²) in [6.45, 7) is 1.15. The van der Waals surface area contributed by atoms with Gasteiger partial charge in [-0.1, -0.05) is 5.16 Å². The molecule has 0 unspecified atom stereocenters. The third-order valence-electron chi connectivity index (χ3n) is 6.36. The number of rotatable bonds is 11. The number of esters is 1. The van der Waals surface area contributed by atoms with Crippen LogP contribution < -0.4 is 0 Å². The Labute approximate surface area is 242 Å². The second kappa shape index (κ2) is 13.1. The number of oxime groups is 1. The molecule has 15 nitrogen and oxygen atoms in total. The molecule has 2 heterocycles. The number of amides is 1. The summed E-state index contributed by atoms with van der Waals surface area (Å²) in [5.74, 6) is -1.79. The quantitative estimate of drug-likeness (QED) is 0.120. The van der Waals surface area contributed by atoms with Gasteiger partial charge in [0, 0.05) is 35.6 Å². The molecule has 2 aromatic rings. The number of benzene rings is 2. The van der Waals surface area contributed by atoms with Gasteiger partial charge in [-0.05, 0) is 42.3 Å². The standard InChI is InChI=1S/C26H24N4O11S/c1-15(41-26(33)40-13-17-5-9-20(10-6-17)30(36)37)21-23(31)28-22(18(11-27-38-2)14-42-24(21)28)25(32)39-12-16-3-7-19(8-4-16)29(34)35/h3-11,15,21,24H,12-14H2,1-2H3/t15-,21+,24-/m1/s1. The van der Waals surface area contributed by atoms with E-state index in [9.17, 15) is 34.6 Å². The number of hydrogen-bond acceptors (Lipinski definition) is 13. The van der Waals surface area contributed by atoms with E-state index in [0.717, 1.165) is 0 Å². The fraction of sp³-hybridized carbons (Fsp3) is 0.308. The van der Waals surface area contributed by atoms with Crippen molar-refractivity contribution in [3.05, 3.63) is 91.2 Å². The lowest BCUT2D eigenvalue weighted by Crippen LogP contribution is -2.65. The molecule has 0 saturated carbocycles. The second-order valence-corrected chi connectivity index (χ2v) is 10.1. The van der Waals surface area contributed by atoms with Gasteiger partial charge in [0.1, 0.15) is 38.0 Å². The Kier molecular flexibility index (Phi) is 9.36. The van der Waals surface area contributed by atoms with E-state index >= 15 is 0 Å². The van der Waals surface area contributed by atoms with Crippen molar-refractivity contribution in [2.75, 3.05) is 12.9 Å². The molecule has 16 heteroatoms. The minimum atomic E-state index is -1.03. The molecule has 0 N–H and O–H groups in total. The third-order valence-corrected chi connectivity index (χ3v) is 7.68. The number of nitro groups is 2. The van der Waals surface area contributed by atoms with E-state index in [1.54, 1.807) is 0 Å². The molecule has 220 valence electrons. The van der Waals surface area contributed by atoms with Crippen molar-refractivity contribution in [2.45, 2.75) is 31.6 Å². The smallest absolute Gasteiger partial charge is 0.456 e. The number of hydrogen-bond donors (Lipinski definition) is 0. The first-order chi connectivity index (χ1) is 20.1. The molecule has 4 rings (SSSR count). The van der Waals surface area contributed by atoms with Crippen LogP contribution in [0.15, 0.2) is 65.0 Å². The normalized spacial score (nSPS) is 18.5. The van der Waals surface area contributed by atoms with Gasteiger partial charge in [0.25, 0.3) is 11.4 Å². The number of carbonyl (C=O) groups is 3. The first-order valence-corrected chi connectivity index (χ1v) is 13.4. The lowest BCUT2D eigenvalue weighted by atomic mass is 9.91. The van der Waals surface area contributed by atoms with Gasteiger partial charge >= 0.3 is 12.1 Å². The minimum absolute atomic E-state index is 0.0318. The fourth-order valence-corrected chi connectivity index (χ4v) is 5.69. The number of ether oxygens (including phenoxy) is 3. The molecule has 2 aromatic carbocycles. The zero-order valence-electron chi connectivity index (χ0n) is 22.2. The third kappa shape index (κ3) is 6.65. The van der Waals surface area contributed by atoms with Crippen molar-refractivity contribution in [3.63, 3.8) is 0 Å². The van der Waals surface area contributed by atoms with E-state index in [2.05, 4.69) is 5.16 Å². The number of non-ortho nitro benzene ring substituents is 2. The Balaban J connectivity index is 1.39. The van der Waals surface area contributed by atoms with Gasteiger partial charge in [-0.25, -0.2) is 9.59 Å². The molecule has 0 radical (unpaired) electrons. The molecular weight excluding hydrogens is 576 g/mol. The van der Waals surface area contributed by atoms with E-state index in [-0.39, 0.29) is 36.0 Å². The van der Waals surface area contributed by atoms with Gasteiger partial charge in [-0.15, -0.1) is 11.8 Å². The molecule has 2 aliphatic rings. The highest BCUT2D eigenvalue weighted by Crippen LogP contribution is 2.45. The number of nitrogens with zero attached hydrogens (tertiary/aromatic N) is 4. The van der Waals surface area contributed by atoms with Crippen molar-refractivity contribution in [2.24, 2.45) is 11.1 Å². The van der Waals surface area contributed by atoms with Crippen LogP contribution in [-0.4, -0.2) is 63.3 Å². The van der Waals surface area contributed by atoms with Crippen molar-refractivity contribution in [1.82, 2.24) is 4.90 Å². The van der Waals surface area contributed by atoms with Crippen LogP contribution in [-0.2, 0) is 41.9 Å². The highest BCUT2D eigenvalue weighted by atomic mass is 32.2. The molecule has 2 aliphatic heterocycles. The first kappa shape index (κ1) is 30.0. The first-order valence-electron chi connectivity index (χ1n) is 12.3. The summed E-state index contributed by atoms with van der Waals surface area (Å²) in [7, 11) is 1.33. The summed E-state index contributed by atoms with van der Waals surface area (Å²) in [5, 5.41) is 24.8. The summed E-state index contributed by atoms with van der Waals surface area (Å²) in [6, 6.07) is 10.9. The molecular formula is C26H24N4O11S. The van der Waals surface area contributed by atoms with E-state index in [0.29, 0.717) is 16.7 Å². The zero-order chi connectivity index (χ0) is 30.4. The van der Waals surface area contributed by atoms with E-state index in [1.807, 2.05) is 0 Å². The number of fused-ring (bicyclic) bond motifs is 1. The van der Waals surface area contributed by atoms with Crippen LogP contribution in [0.4, 0.5) is 16.2 Å². The number of β-lactam (4-membered cyclic amide) rings is 1. The molecule has 0 aromatic heterocycles. The maximum atomic E-state index is 13.2. The van der Waals surface area contributed by atoms with Crippen LogP contribution in [0, 0.1) is 26.1 Å². The average molecular weight is 601 g/mol. The number of thioether (sulfide) groups is 1. The second-order valence-electron chi connectivity index (χ2n) is 9.01. The van der Waals surface area contributed by atoms with Gasteiger partial charge in [-0.3, -0.25) is 29.9 Å². The molecule has 3 atom stereocenters. The van der Waals surface area contributed by atoms with Crippen LogP contribution in [0.1, 0.15) is 18.1 Å². The summed E-state index contributed by atoms with van der Waals surface area (Å²) in [5.41, 5.74) is 1.15. The molecule has 0 bridgehead atoms. The molecule has 1 saturated heterocycles. The van der Waals surface area contributed by atoms with Gasteiger partial charge in [0.05, 0.1) is 21.4 Å². The topological polar surface area (TPSA) is 190 Å². The molecule has 42 heavy (non-hydrogen) atoms. The van der Waals surface area contributed by atoms with Crippen LogP contribution in [0.2, 0.25) is 0 Å². The van der Waals surface area contributed by atoms with E-state index < -0.39 is 45.3 Å². The Morgan fingerprint density at radius 2 is 1.57 bits per heavy atom. The maximum absolute atomic E-state index is 13.2. The van der Waals surface area contributed by atoms with E-state index in [4.69, 9.17) is 19.0 Å². The number of carbonyl (C=O) groups excluding carboxylic acids is 3. The molecule has 1 fully saturated rings. The van der Waals surface area contributed by atoms with Crippen molar-refractivity contribution < 1.29 is 43.3 Å². The Morgan fingerprint density at radius 3 is 2.10 bits per heavy atom. The van der Waals surface area contributed by atoms with Crippen LogP contribution in [0.5, 0.6) is 0 Å². The molecule has 1 amide bonds. The lowest BCUT2D eigenvalue weighted by Gasteiger charge is -2.50. The minimum Gasteiger partial charge on any atom is -0.456 e. The van der Waals surface area contributed by atoms with Gasteiger partial charge < -0.3 is 19.0 Å². The maximum Gasteiger partial charge on any atom is 0.508 e. The summed E-state index contributed by atoms with van der Waals surface area (Å²) in [6.07, 6.45) is -0.622. The van der Waals surface area contributed by atoms with Crippen LogP contribution in [0.3, 0.4) is 0 Å². The van der Waals surface area contributed by atoms with Crippen LogP contribution >= 0.6 is 11.8 Å². The SMILES string of the molecule is CON=CC1=C(C(=O)OCc2ccc([N+](=O)[O-])cc2)N2C(=O)[C@H]([C@@H](C)OC(=O)OCc3ccc([N+](=O)[O-])cc3)[C@H]2SC1. The van der Waals surface area contributed by atoms with Gasteiger partial charge in [0.15, 0.2) is 0 Å². The summed E-state index contributed by atoms with van der Waals surface area (Å²) in [4.78, 5) is 65.2. The number of nitro benzene ring substituents is 2. The van der Waals surface area contributed by atoms with Crippen molar-refractivity contribution >= 4 is 47.4 Å². The Bertz CT molecular complexity index is 1440. The van der Waals surface area contributed by atoms with Crippen molar-refractivity contribution in [1.29, 1.82) is 0 Å². The Hall–Kier alpha value is -4.99. The molecule has 0 spiro atoms. The predicted molar refractivity (Wildman–Crippen MR) is 146 cm³/mol. The monoisotopic (exact) mass is 600 g/mol. The van der Waals surface area contributed by atoms with Gasteiger partial charge in [0.2, 0.25) is 5.91 Å². The summed E-state index contributed by atoms with van der Waals surface area (Å²) < 4.78 is 15.8.